The Labute approximate surface area is 200 Å². The average molecular weight is 499 g/mol. The number of aryl methyl sites for hydroxylation is 2. The summed E-state index contributed by atoms with van der Waals surface area (Å²) in [6.45, 7) is 3.52. The van der Waals surface area contributed by atoms with Crippen molar-refractivity contribution in [2.24, 2.45) is 0 Å². The molecule has 0 aliphatic carbocycles. The van der Waals surface area contributed by atoms with Crippen LogP contribution in [0.5, 0.6) is 5.75 Å². The van der Waals surface area contributed by atoms with Crippen molar-refractivity contribution in [1.82, 2.24) is 9.55 Å². The number of sulfonamides is 1. The van der Waals surface area contributed by atoms with E-state index in [1.807, 2.05) is 13.8 Å². The number of ether oxygens (including phenoxy) is 1. The standard InChI is InChI=1S/C23H22N4O5S2/c1-14-15(2)33-22-21(14)23(29)27(13-24-22)12-20(28)25-16-7-6-8-17(11-16)34(30,31)26-18-9-4-5-10-19(18)32-3/h4-11,13,26H,12H2,1-3H3,(H,25,28). The van der Waals surface area contributed by atoms with Crippen LogP contribution in [0.15, 0.2) is 64.5 Å². The van der Waals surface area contributed by atoms with Gasteiger partial charge in [0.05, 0.1) is 29.4 Å². The zero-order chi connectivity index (χ0) is 24.5. The molecular weight excluding hydrogens is 476 g/mol. The van der Waals surface area contributed by atoms with E-state index >= 15 is 0 Å². The van der Waals surface area contributed by atoms with Crippen molar-refractivity contribution >= 4 is 48.9 Å². The minimum absolute atomic E-state index is 0.0409. The Morgan fingerprint density at radius 1 is 1.15 bits per heavy atom. The highest BCUT2D eigenvalue weighted by Gasteiger charge is 2.18. The highest BCUT2D eigenvalue weighted by molar-refractivity contribution is 7.92. The van der Waals surface area contributed by atoms with Gasteiger partial charge in [-0.25, -0.2) is 13.4 Å². The third-order valence-electron chi connectivity index (χ3n) is 5.25. The van der Waals surface area contributed by atoms with Crippen LogP contribution in [0.1, 0.15) is 10.4 Å². The number of para-hydroxylation sites is 2. The number of nitrogens with zero attached hydrogens (tertiary/aromatic N) is 2. The molecule has 11 heteroatoms. The molecule has 0 fully saturated rings. The second-order valence-corrected chi connectivity index (χ2v) is 10.4. The first kappa shape index (κ1) is 23.5. The van der Waals surface area contributed by atoms with Crippen LogP contribution in [0.2, 0.25) is 0 Å². The van der Waals surface area contributed by atoms with Gasteiger partial charge in [0, 0.05) is 10.6 Å². The predicted octanol–water partition coefficient (Wildman–Crippen LogP) is 3.52. The Balaban J connectivity index is 1.53. The number of carbonyl (C=O) groups excluding carboxylic acids is 1. The fourth-order valence-corrected chi connectivity index (χ4v) is 5.51. The maximum atomic E-state index is 12.9. The zero-order valence-electron chi connectivity index (χ0n) is 18.7. The molecule has 2 N–H and O–H groups in total. The summed E-state index contributed by atoms with van der Waals surface area (Å²) in [5.74, 6) is -0.109. The second-order valence-electron chi connectivity index (χ2n) is 7.52. The van der Waals surface area contributed by atoms with E-state index in [2.05, 4.69) is 15.0 Å². The Morgan fingerprint density at radius 3 is 2.68 bits per heavy atom. The fourth-order valence-electron chi connectivity index (χ4n) is 3.41. The monoisotopic (exact) mass is 498 g/mol. The Bertz CT molecular complexity index is 1560. The summed E-state index contributed by atoms with van der Waals surface area (Å²) in [5, 5.41) is 3.15. The number of aromatic nitrogens is 2. The topological polar surface area (TPSA) is 119 Å². The maximum Gasteiger partial charge on any atom is 0.262 e. The number of amides is 1. The van der Waals surface area contributed by atoms with Crippen LogP contribution in [0.25, 0.3) is 10.2 Å². The van der Waals surface area contributed by atoms with Crippen molar-refractivity contribution in [3.63, 3.8) is 0 Å². The molecule has 4 rings (SSSR count). The summed E-state index contributed by atoms with van der Waals surface area (Å²) < 4.78 is 34.7. The van der Waals surface area contributed by atoms with Gasteiger partial charge in [0.1, 0.15) is 17.1 Å². The molecule has 34 heavy (non-hydrogen) atoms. The number of nitrogens with one attached hydrogen (secondary N) is 2. The zero-order valence-corrected chi connectivity index (χ0v) is 20.3. The lowest BCUT2D eigenvalue weighted by molar-refractivity contribution is -0.116. The first-order chi connectivity index (χ1) is 16.2. The van der Waals surface area contributed by atoms with E-state index in [-0.39, 0.29) is 22.7 Å². The first-order valence-corrected chi connectivity index (χ1v) is 12.5. The van der Waals surface area contributed by atoms with E-state index in [0.717, 1.165) is 10.4 Å². The first-order valence-electron chi connectivity index (χ1n) is 10.2. The van der Waals surface area contributed by atoms with Gasteiger partial charge in [-0.3, -0.25) is 18.9 Å². The molecular formula is C23H22N4O5S2. The lowest BCUT2D eigenvalue weighted by Gasteiger charge is -2.13. The van der Waals surface area contributed by atoms with Crippen LogP contribution in [0.4, 0.5) is 11.4 Å². The van der Waals surface area contributed by atoms with Crippen LogP contribution in [0, 0.1) is 13.8 Å². The van der Waals surface area contributed by atoms with Crippen LogP contribution in [0.3, 0.4) is 0 Å². The number of thiophene rings is 1. The lowest BCUT2D eigenvalue weighted by Crippen LogP contribution is -2.28. The third kappa shape index (κ3) is 4.66. The summed E-state index contributed by atoms with van der Waals surface area (Å²) in [4.78, 5) is 31.3. The van der Waals surface area contributed by atoms with Crippen molar-refractivity contribution in [3.8, 4) is 5.75 Å². The van der Waals surface area contributed by atoms with Gasteiger partial charge in [-0.2, -0.15) is 0 Å². The van der Waals surface area contributed by atoms with E-state index < -0.39 is 15.9 Å². The minimum atomic E-state index is -3.94. The molecule has 0 spiro atoms. The van der Waals surface area contributed by atoms with Crippen LogP contribution >= 0.6 is 11.3 Å². The molecule has 0 saturated heterocycles. The van der Waals surface area contributed by atoms with Gasteiger partial charge < -0.3 is 10.1 Å². The van der Waals surface area contributed by atoms with Crippen LogP contribution in [-0.2, 0) is 21.4 Å². The summed E-state index contributed by atoms with van der Waals surface area (Å²) in [7, 11) is -2.49. The number of methoxy groups -OCH3 is 1. The van der Waals surface area contributed by atoms with Crippen molar-refractivity contribution in [2.45, 2.75) is 25.3 Å². The highest BCUT2D eigenvalue weighted by atomic mass is 32.2. The Hall–Kier alpha value is -3.70. The van der Waals surface area contributed by atoms with Crippen molar-refractivity contribution in [1.29, 1.82) is 0 Å². The molecule has 4 aromatic rings. The molecule has 0 radical (unpaired) electrons. The maximum absolute atomic E-state index is 12.9. The number of carbonyl (C=O) groups is 1. The van der Waals surface area contributed by atoms with E-state index in [9.17, 15) is 18.0 Å². The van der Waals surface area contributed by atoms with Gasteiger partial charge in [0.2, 0.25) is 5.91 Å². The molecule has 1 amide bonds. The summed E-state index contributed by atoms with van der Waals surface area (Å²) in [5.41, 5.74) is 1.13. The molecule has 0 saturated carbocycles. The number of anilines is 2. The van der Waals surface area contributed by atoms with E-state index in [4.69, 9.17) is 4.74 Å². The van der Waals surface area contributed by atoms with Crippen LogP contribution < -0.4 is 20.3 Å². The number of benzene rings is 2. The molecule has 0 unspecified atom stereocenters. The average Bonchev–Trinajstić information content (AvgIpc) is 3.10. The molecule has 2 aromatic carbocycles. The molecule has 2 aromatic heterocycles. The molecule has 9 nitrogen and oxygen atoms in total. The molecule has 2 heterocycles. The highest BCUT2D eigenvalue weighted by Crippen LogP contribution is 2.27. The normalized spacial score (nSPS) is 11.4. The Morgan fingerprint density at radius 2 is 1.91 bits per heavy atom. The van der Waals surface area contributed by atoms with Gasteiger partial charge in [0.25, 0.3) is 15.6 Å². The molecule has 0 aliphatic heterocycles. The molecule has 0 bridgehead atoms. The number of fused-ring (bicyclic) bond motifs is 1. The van der Waals surface area contributed by atoms with Crippen molar-refractivity contribution < 1.29 is 17.9 Å². The van der Waals surface area contributed by atoms with E-state index in [0.29, 0.717) is 21.7 Å². The SMILES string of the molecule is COc1ccccc1NS(=O)(=O)c1cccc(NC(=O)Cn2cnc3sc(C)c(C)c3c2=O)c1. The number of rotatable bonds is 7. The fraction of sp³-hybridized carbons (Fsp3) is 0.174. The van der Waals surface area contributed by atoms with E-state index in [1.54, 1.807) is 30.3 Å². The third-order valence-corrected chi connectivity index (χ3v) is 7.73. The van der Waals surface area contributed by atoms with Gasteiger partial charge in [-0.15, -0.1) is 11.3 Å². The van der Waals surface area contributed by atoms with Gasteiger partial charge in [-0.1, -0.05) is 18.2 Å². The predicted molar refractivity (Wildman–Crippen MR) is 132 cm³/mol. The smallest absolute Gasteiger partial charge is 0.262 e. The molecule has 176 valence electrons. The van der Waals surface area contributed by atoms with Gasteiger partial charge in [0.15, 0.2) is 0 Å². The summed E-state index contributed by atoms with van der Waals surface area (Å²) in [6, 6.07) is 12.5. The quantitative estimate of drug-likeness (QED) is 0.402. The van der Waals surface area contributed by atoms with E-state index in [1.165, 1.54) is 47.5 Å². The second kappa shape index (κ2) is 9.27. The molecule has 0 atom stereocenters. The van der Waals surface area contributed by atoms with Crippen molar-refractivity contribution in [3.05, 3.63) is 75.7 Å². The van der Waals surface area contributed by atoms with Crippen molar-refractivity contribution in [2.75, 3.05) is 17.1 Å². The summed E-state index contributed by atoms with van der Waals surface area (Å²) >= 11 is 1.43. The minimum Gasteiger partial charge on any atom is -0.495 e. The number of hydrogen-bond donors (Lipinski definition) is 2. The van der Waals surface area contributed by atoms with Gasteiger partial charge in [-0.05, 0) is 49.7 Å². The number of hydrogen-bond acceptors (Lipinski definition) is 7. The lowest BCUT2D eigenvalue weighted by atomic mass is 10.2. The summed E-state index contributed by atoms with van der Waals surface area (Å²) in [6.07, 6.45) is 1.34. The Kier molecular flexibility index (Phi) is 6.40. The molecule has 0 aliphatic rings. The van der Waals surface area contributed by atoms with Crippen LogP contribution in [-0.4, -0.2) is 31.0 Å². The largest absolute Gasteiger partial charge is 0.495 e. The van der Waals surface area contributed by atoms with Gasteiger partial charge >= 0.3 is 0 Å².